The number of carbonyl (C=O) groups is 2. The van der Waals surface area contributed by atoms with E-state index in [2.05, 4.69) is 10.6 Å². The summed E-state index contributed by atoms with van der Waals surface area (Å²) in [6.07, 6.45) is 0.749. The summed E-state index contributed by atoms with van der Waals surface area (Å²) in [5, 5.41) is 6.09. The molecule has 0 aromatic heterocycles. The van der Waals surface area contributed by atoms with Gasteiger partial charge >= 0.3 is 0 Å². The number of carbonyl (C=O) groups excluding carboxylic acids is 2. The monoisotopic (exact) mass is 378 g/mol. The van der Waals surface area contributed by atoms with E-state index in [0.717, 1.165) is 12.0 Å². The minimum atomic E-state index is -0.318. The molecule has 3 aromatic carbocycles. The Balaban J connectivity index is 1.61. The third kappa shape index (κ3) is 5.19. The second-order valence-corrected chi connectivity index (χ2v) is 6.41. The molecule has 0 spiro atoms. The van der Waals surface area contributed by atoms with E-state index in [1.165, 1.54) is 0 Å². The molecule has 0 saturated carbocycles. The van der Waals surface area contributed by atoms with Gasteiger partial charge < -0.3 is 10.6 Å². The van der Waals surface area contributed by atoms with Gasteiger partial charge in [0.15, 0.2) is 0 Å². The maximum atomic E-state index is 12.4. The van der Waals surface area contributed by atoms with Crippen molar-refractivity contribution in [2.45, 2.75) is 6.42 Å². The average molecular weight is 379 g/mol. The normalized spacial score (nSPS) is 10.3. The topological polar surface area (TPSA) is 58.2 Å². The van der Waals surface area contributed by atoms with Gasteiger partial charge in [-0.15, -0.1) is 0 Å². The number of nitrogens with one attached hydrogen (secondary N) is 2. The van der Waals surface area contributed by atoms with Crippen LogP contribution in [-0.4, -0.2) is 18.4 Å². The summed E-state index contributed by atoms with van der Waals surface area (Å²) < 4.78 is 0. The van der Waals surface area contributed by atoms with E-state index in [1.54, 1.807) is 48.5 Å². The lowest BCUT2D eigenvalue weighted by molar-refractivity contribution is 0.0954. The number of rotatable bonds is 6. The van der Waals surface area contributed by atoms with Gasteiger partial charge in [-0.3, -0.25) is 9.59 Å². The lowest BCUT2D eigenvalue weighted by Crippen LogP contribution is -2.26. The van der Waals surface area contributed by atoms with Crippen LogP contribution in [0.4, 0.5) is 5.69 Å². The fourth-order valence-corrected chi connectivity index (χ4v) is 2.81. The lowest BCUT2D eigenvalue weighted by Gasteiger charge is -2.09. The molecule has 0 fully saturated rings. The third-order valence-electron chi connectivity index (χ3n) is 4.05. The fraction of sp³-hybridized carbons (Fsp3) is 0.0909. The van der Waals surface area contributed by atoms with Gasteiger partial charge in [0.1, 0.15) is 0 Å². The van der Waals surface area contributed by atoms with Crippen molar-refractivity contribution in [3.8, 4) is 0 Å². The zero-order valence-electron chi connectivity index (χ0n) is 14.6. The molecule has 27 heavy (non-hydrogen) atoms. The molecule has 4 nitrogen and oxygen atoms in total. The van der Waals surface area contributed by atoms with Crippen LogP contribution in [0.5, 0.6) is 0 Å². The van der Waals surface area contributed by atoms with E-state index in [4.69, 9.17) is 11.6 Å². The summed E-state index contributed by atoms with van der Waals surface area (Å²) in [6.45, 7) is 0.527. The average Bonchev–Trinajstić information content (AvgIpc) is 2.70. The highest BCUT2D eigenvalue weighted by Gasteiger charge is 2.11. The molecule has 0 aliphatic rings. The Morgan fingerprint density at radius 3 is 2.19 bits per heavy atom. The van der Waals surface area contributed by atoms with Gasteiger partial charge in [0, 0.05) is 17.7 Å². The number of para-hydroxylation sites is 1. The molecular formula is C22H19ClN2O2. The number of amides is 2. The van der Waals surface area contributed by atoms with Gasteiger partial charge in [0.2, 0.25) is 0 Å². The van der Waals surface area contributed by atoms with Crippen molar-refractivity contribution in [1.82, 2.24) is 5.32 Å². The van der Waals surface area contributed by atoms with E-state index in [-0.39, 0.29) is 11.8 Å². The molecule has 0 aliphatic carbocycles. The molecule has 2 N–H and O–H groups in total. The highest BCUT2D eigenvalue weighted by molar-refractivity contribution is 6.33. The lowest BCUT2D eigenvalue weighted by atomic mass is 10.1. The number of hydrogen-bond donors (Lipinski definition) is 2. The molecule has 0 atom stereocenters. The Bertz CT molecular complexity index is 942. The molecular weight excluding hydrogens is 360 g/mol. The van der Waals surface area contributed by atoms with Gasteiger partial charge in [-0.1, -0.05) is 60.1 Å². The third-order valence-corrected chi connectivity index (χ3v) is 4.38. The summed E-state index contributed by atoms with van der Waals surface area (Å²) in [7, 11) is 0. The highest BCUT2D eigenvalue weighted by Crippen LogP contribution is 2.21. The SMILES string of the molecule is O=C(NCCc1ccccc1)c1cccc(C(=O)Nc2ccccc2Cl)c1. The van der Waals surface area contributed by atoms with Crippen LogP contribution in [0.1, 0.15) is 26.3 Å². The number of hydrogen-bond acceptors (Lipinski definition) is 2. The standard InChI is InChI=1S/C22H19ClN2O2/c23-19-11-4-5-12-20(19)25-22(27)18-10-6-9-17(15-18)21(26)24-14-13-16-7-2-1-3-8-16/h1-12,15H,13-14H2,(H,24,26)(H,25,27). The van der Waals surface area contributed by atoms with Crippen LogP contribution >= 0.6 is 11.6 Å². The second kappa shape index (κ2) is 9.01. The van der Waals surface area contributed by atoms with Crippen LogP contribution in [0, 0.1) is 0 Å². The minimum absolute atomic E-state index is 0.210. The van der Waals surface area contributed by atoms with Gasteiger partial charge in [-0.05, 0) is 42.3 Å². The Morgan fingerprint density at radius 2 is 1.44 bits per heavy atom. The molecule has 0 radical (unpaired) electrons. The minimum Gasteiger partial charge on any atom is -0.352 e. The first-order chi connectivity index (χ1) is 13.1. The van der Waals surface area contributed by atoms with Crippen molar-refractivity contribution in [3.63, 3.8) is 0 Å². The predicted molar refractivity (Wildman–Crippen MR) is 108 cm³/mol. The summed E-state index contributed by atoms with van der Waals surface area (Å²) in [5.41, 5.74) is 2.52. The number of benzene rings is 3. The summed E-state index contributed by atoms with van der Waals surface area (Å²) in [6, 6.07) is 23.6. The Labute approximate surface area is 163 Å². The first kappa shape index (κ1) is 18.7. The molecule has 3 aromatic rings. The van der Waals surface area contributed by atoms with Crippen LogP contribution in [0.25, 0.3) is 0 Å². The van der Waals surface area contributed by atoms with Gasteiger partial charge in [0.25, 0.3) is 11.8 Å². The molecule has 0 heterocycles. The largest absolute Gasteiger partial charge is 0.352 e. The predicted octanol–water partition coefficient (Wildman–Crippen LogP) is 4.56. The van der Waals surface area contributed by atoms with E-state index in [1.807, 2.05) is 30.3 Å². The van der Waals surface area contributed by atoms with Crippen molar-refractivity contribution in [3.05, 3.63) is 101 Å². The van der Waals surface area contributed by atoms with Crippen molar-refractivity contribution < 1.29 is 9.59 Å². The number of halogens is 1. The maximum Gasteiger partial charge on any atom is 0.255 e. The first-order valence-electron chi connectivity index (χ1n) is 8.61. The Morgan fingerprint density at radius 1 is 0.778 bits per heavy atom. The van der Waals surface area contributed by atoms with Crippen molar-refractivity contribution in [1.29, 1.82) is 0 Å². The summed E-state index contributed by atoms with van der Waals surface area (Å²) in [5.74, 6) is -0.527. The van der Waals surface area contributed by atoms with Crippen LogP contribution in [0.2, 0.25) is 5.02 Å². The van der Waals surface area contributed by atoms with E-state index < -0.39 is 0 Å². The van der Waals surface area contributed by atoms with Crippen molar-refractivity contribution in [2.24, 2.45) is 0 Å². The summed E-state index contributed by atoms with van der Waals surface area (Å²) >= 11 is 6.07. The van der Waals surface area contributed by atoms with Crippen molar-refractivity contribution >= 4 is 29.1 Å². The van der Waals surface area contributed by atoms with Gasteiger partial charge in [0.05, 0.1) is 10.7 Å². The fourth-order valence-electron chi connectivity index (χ4n) is 2.63. The van der Waals surface area contributed by atoms with Crippen molar-refractivity contribution in [2.75, 3.05) is 11.9 Å². The van der Waals surface area contributed by atoms with E-state index in [9.17, 15) is 9.59 Å². The number of anilines is 1. The van der Waals surface area contributed by atoms with Gasteiger partial charge in [-0.2, -0.15) is 0 Å². The second-order valence-electron chi connectivity index (χ2n) is 6.01. The van der Waals surface area contributed by atoms with Gasteiger partial charge in [-0.25, -0.2) is 0 Å². The first-order valence-corrected chi connectivity index (χ1v) is 8.99. The molecule has 136 valence electrons. The Hall–Kier alpha value is -3.11. The molecule has 3 rings (SSSR count). The molecule has 0 bridgehead atoms. The van der Waals surface area contributed by atoms with Crippen LogP contribution in [0.15, 0.2) is 78.9 Å². The zero-order chi connectivity index (χ0) is 19.1. The Kier molecular flexibility index (Phi) is 6.23. The highest BCUT2D eigenvalue weighted by atomic mass is 35.5. The molecule has 0 aliphatic heterocycles. The van der Waals surface area contributed by atoms with Crippen LogP contribution < -0.4 is 10.6 Å². The maximum absolute atomic E-state index is 12.4. The zero-order valence-corrected chi connectivity index (χ0v) is 15.4. The van der Waals surface area contributed by atoms with E-state index in [0.29, 0.717) is 28.4 Å². The van der Waals surface area contributed by atoms with E-state index >= 15 is 0 Å². The van der Waals surface area contributed by atoms with Crippen LogP contribution in [0.3, 0.4) is 0 Å². The molecule has 2 amide bonds. The smallest absolute Gasteiger partial charge is 0.255 e. The molecule has 5 heteroatoms. The summed E-state index contributed by atoms with van der Waals surface area (Å²) in [4.78, 5) is 24.8. The molecule has 0 saturated heterocycles. The van der Waals surface area contributed by atoms with Crippen LogP contribution in [-0.2, 0) is 6.42 Å². The quantitative estimate of drug-likeness (QED) is 0.660. The molecule has 0 unspecified atom stereocenters.